The standard InChI is InChI=1S/C66H39NO3/c1-2-17-43-40(16-1)32-35-62-64(43)66(51-25-10-5-20-46(51)47-21-6-11-26-52(47)66)55-39-42(34-37-60(55)70-62)67(56-28-15-31-61-63(56)48-22-7-13-29-57(48)68-61)41-33-36-59-54(38-41)65(53-27-12-14-30-58(53)69-59)49-23-8-3-18-44(49)45-19-4-9-24-50(45)65/h1-39H. The summed E-state index contributed by atoms with van der Waals surface area (Å²) in [7, 11) is 0. The normalized spacial score (nSPS) is 14.5. The zero-order valence-corrected chi connectivity index (χ0v) is 37.7. The monoisotopic (exact) mass is 893 g/mol. The Morgan fingerprint density at radius 3 is 1.44 bits per heavy atom. The molecule has 4 heteroatoms. The maximum atomic E-state index is 7.15. The average molecular weight is 894 g/mol. The number of benzene rings is 11. The van der Waals surface area contributed by atoms with E-state index in [0.717, 1.165) is 84.3 Å². The van der Waals surface area contributed by atoms with Crippen LogP contribution in [-0.4, -0.2) is 0 Å². The first-order chi connectivity index (χ1) is 34.7. The molecule has 0 bridgehead atoms. The Morgan fingerprint density at radius 1 is 0.314 bits per heavy atom. The molecule has 326 valence electrons. The number of rotatable bonds is 3. The van der Waals surface area contributed by atoms with Gasteiger partial charge in [0, 0.05) is 39.0 Å². The van der Waals surface area contributed by atoms with Gasteiger partial charge in [0.15, 0.2) is 0 Å². The second kappa shape index (κ2) is 13.7. The molecular formula is C66H39NO3. The Kier molecular flexibility index (Phi) is 7.45. The van der Waals surface area contributed by atoms with Crippen LogP contribution in [-0.2, 0) is 10.8 Å². The molecule has 0 saturated heterocycles. The summed E-state index contributed by atoms with van der Waals surface area (Å²) in [4.78, 5) is 2.44. The molecule has 1 aromatic heterocycles. The van der Waals surface area contributed by atoms with Gasteiger partial charge in [0.05, 0.1) is 21.9 Å². The molecule has 11 aromatic carbocycles. The van der Waals surface area contributed by atoms with Crippen molar-refractivity contribution in [1.82, 2.24) is 0 Å². The summed E-state index contributed by atoms with van der Waals surface area (Å²) in [5.41, 5.74) is 17.7. The zero-order chi connectivity index (χ0) is 45.7. The van der Waals surface area contributed by atoms with E-state index < -0.39 is 10.8 Å². The fourth-order valence-corrected chi connectivity index (χ4v) is 13.2. The first-order valence-corrected chi connectivity index (χ1v) is 24.1. The Bertz CT molecular complexity index is 4140. The van der Waals surface area contributed by atoms with Crippen molar-refractivity contribution in [2.45, 2.75) is 10.8 Å². The molecule has 0 N–H and O–H groups in total. The minimum absolute atomic E-state index is 0.650. The van der Waals surface area contributed by atoms with E-state index in [2.05, 4.69) is 235 Å². The quantitative estimate of drug-likeness (QED) is 0.177. The van der Waals surface area contributed by atoms with Gasteiger partial charge in [-0.05, 0) is 122 Å². The van der Waals surface area contributed by atoms with Gasteiger partial charge < -0.3 is 18.8 Å². The number of hydrogen-bond donors (Lipinski definition) is 0. The summed E-state index contributed by atoms with van der Waals surface area (Å²) in [6, 6.07) is 85.9. The smallest absolute Gasteiger partial charge is 0.137 e. The van der Waals surface area contributed by atoms with Crippen LogP contribution in [0.25, 0.3) is 55.0 Å². The van der Waals surface area contributed by atoms with E-state index in [0.29, 0.717) is 0 Å². The largest absolute Gasteiger partial charge is 0.457 e. The highest BCUT2D eigenvalue weighted by atomic mass is 16.5. The van der Waals surface area contributed by atoms with Crippen LogP contribution in [0.3, 0.4) is 0 Å². The van der Waals surface area contributed by atoms with Crippen molar-refractivity contribution < 1.29 is 13.9 Å². The number of nitrogens with zero attached hydrogens (tertiary/aromatic N) is 1. The third kappa shape index (κ3) is 4.70. The molecule has 0 unspecified atom stereocenters. The molecule has 4 aliphatic rings. The maximum absolute atomic E-state index is 7.15. The van der Waals surface area contributed by atoms with Crippen LogP contribution in [0, 0.1) is 0 Å². The Hall–Kier alpha value is -9.12. The molecule has 16 rings (SSSR count). The van der Waals surface area contributed by atoms with E-state index in [1.54, 1.807) is 0 Å². The summed E-state index contributed by atoms with van der Waals surface area (Å²) in [6.07, 6.45) is 0. The fraction of sp³-hybridized carbons (Fsp3) is 0.0303. The average Bonchev–Trinajstić information content (AvgIpc) is 4.05. The van der Waals surface area contributed by atoms with Crippen molar-refractivity contribution in [3.8, 4) is 45.3 Å². The third-order valence-corrected chi connectivity index (χ3v) is 15.8. The van der Waals surface area contributed by atoms with Crippen LogP contribution in [0.15, 0.2) is 241 Å². The van der Waals surface area contributed by atoms with Crippen LogP contribution in [0.5, 0.6) is 23.0 Å². The molecule has 0 atom stereocenters. The van der Waals surface area contributed by atoms with Gasteiger partial charge in [-0.1, -0.05) is 170 Å². The molecule has 70 heavy (non-hydrogen) atoms. The number of anilines is 3. The lowest BCUT2D eigenvalue weighted by Gasteiger charge is -2.41. The molecule has 2 aliphatic heterocycles. The zero-order valence-electron chi connectivity index (χ0n) is 37.7. The third-order valence-electron chi connectivity index (χ3n) is 15.8. The van der Waals surface area contributed by atoms with Crippen LogP contribution >= 0.6 is 0 Å². The molecule has 3 heterocycles. The lowest BCUT2D eigenvalue weighted by atomic mass is 9.65. The Balaban J connectivity index is 1.02. The summed E-state index contributed by atoms with van der Waals surface area (Å²) in [5, 5.41) is 4.44. The first kappa shape index (κ1) is 37.9. The van der Waals surface area contributed by atoms with Gasteiger partial charge in [0.1, 0.15) is 34.2 Å². The van der Waals surface area contributed by atoms with Gasteiger partial charge in [-0.3, -0.25) is 0 Å². The molecule has 0 fully saturated rings. The lowest BCUT2D eigenvalue weighted by Crippen LogP contribution is -2.33. The minimum atomic E-state index is -0.707. The van der Waals surface area contributed by atoms with Crippen molar-refractivity contribution >= 4 is 49.8 Å². The van der Waals surface area contributed by atoms with Crippen LogP contribution in [0.2, 0.25) is 0 Å². The van der Waals surface area contributed by atoms with Crippen LogP contribution in [0.1, 0.15) is 44.5 Å². The highest BCUT2D eigenvalue weighted by Gasteiger charge is 2.53. The molecule has 2 aliphatic carbocycles. The van der Waals surface area contributed by atoms with E-state index in [9.17, 15) is 0 Å². The highest BCUT2D eigenvalue weighted by molar-refractivity contribution is 6.13. The Morgan fingerprint density at radius 2 is 0.786 bits per heavy atom. The molecule has 4 nitrogen and oxygen atoms in total. The van der Waals surface area contributed by atoms with E-state index in [1.165, 1.54) is 55.3 Å². The first-order valence-electron chi connectivity index (χ1n) is 24.1. The second-order valence-electron chi connectivity index (χ2n) is 19.0. The molecule has 0 amide bonds. The van der Waals surface area contributed by atoms with Gasteiger partial charge in [0.25, 0.3) is 0 Å². The number of para-hydroxylation sites is 2. The van der Waals surface area contributed by atoms with Gasteiger partial charge in [-0.25, -0.2) is 0 Å². The number of furan rings is 1. The second-order valence-corrected chi connectivity index (χ2v) is 19.0. The molecule has 2 spiro atoms. The summed E-state index contributed by atoms with van der Waals surface area (Å²) >= 11 is 0. The predicted molar refractivity (Wildman–Crippen MR) is 281 cm³/mol. The molecule has 0 radical (unpaired) electrons. The molecule has 12 aromatic rings. The van der Waals surface area contributed by atoms with E-state index in [1.807, 2.05) is 6.07 Å². The topological polar surface area (TPSA) is 34.8 Å². The van der Waals surface area contributed by atoms with Gasteiger partial charge in [-0.2, -0.15) is 0 Å². The molecular weight excluding hydrogens is 855 g/mol. The van der Waals surface area contributed by atoms with Crippen molar-refractivity contribution in [2.24, 2.45) is 0 Å². The van der Waals surface area contributed by atoms with Crippen molar-refractivity contribution in [3.05, 3.63) is 281 Å². The van der Waals surface area contributed by atoms with Crippen molar-refractivity contribution in [2.75, 3.05) is 4.90 Å². The fourth-order valence-electron chi connectivity index (χ4n) is 13.2. The summed E-state index contributed by atoms with van der Waals surface area (Å²) in [5.74, 6) is 3.40. The number of fused-ring (bicyclic) bond motifs is 23. The highest BCUT2D eigenvalue weighted by Crippen LogP contribution is 2.66. The summed E-state index contributed by atoms with van der Waals surface area (Å²) < 4.78 is 20.8. The van der Waals surface area contributed by atoms with Gasteiger partial charge >= 0.3 is 0 Å². The minimum Gasteiger partial charge on any atom is -0.457 e. The maximum Gasteiger partial charge on any atom is 0.137 e. The molecule has 0 saturated carbocycles. The number of hydrogen-bond acceptors (Lipinski definition) is 4. The van der Waals surface area contributed by atoms with Gasteiger partial charge in [0.2, 0.25) is 0 Å². The van der Waals surface area contributed by atoms with E-state index in [-0.39, 0.29) is 0 Å². The Labute approximate surface area is 403 Å². The predicted octanol–water partition coefficient (Wildman–Crippen LogP) is 17.1. The lowest BCUT2D eigenvalue weighted by molar-refractivity contribution is 0.436. The van der Waals surface area contributed by atoms with Crippen molar-refractivity contribution in [3.63, 3.8) is 0 Å². The van der Waals surface area contributed by atoms with Crippen LogP contribution < -0.4 is 14.4 Å². The van der Waals surface area contributed by atoms with E-state index in [4.69, 9.17) is 13.9 Å². The van der Waals surface area contributed by atoms with Crippen molar-refractivity contribution in [1.29, 1.82) is 0 Å². The van der Waals surface area contributed by atoms with Crippen LogP contribution in [0.4, 0.5) is 17.1 Å². The SMILES string of the molecule is c1ccc2c(c1)Oc1ccc(N(c3ccc4c(c3)C3(c5ccccc5-c5ccccc53)c3c(ccc5ccccc35)O4)c3cccc4oc5ccccc5c34)cc1C21c2ccccc2-c2ccccc21. The summed E-state index contributed by atoms with van der Waals surface area (Å²) in [6.45, 7) is 0. The van der Waals surface area contributed by atoms with Gasteiger partial charge in [-0.15, -0.1) is 0 Å². The number of ether oxygens (including phenoxy) is 2. The van der Waals surface area contributed by atoms with E-state index >= 15 is 0 Å².